The molecule has 1 rings (SSSR count). The maximum absolute atomic E-state index is 12.0. The SMILES string of the molecule is C=CCc1ccccc1[P+](=O)OCCC(C)C. The zero-order valence-corrected chi connectivity index (χ0v) is 11.5. The highest BCUT2D eigenvalue weighted by molar-refractivity contribution is 7.48. The van der Waals surface area contributed by atoms with Gasteiger partial charge in [-0.15, -0.1) is 11.1 Å². The van der Waals surface area contributed by atoms with E-state index in [1.54, 1.807) is 0 Å². The molecule has 0 saturated carbocycles. The van der Waals surface area contributed by atoms with E-state index < -0.39 is 8.03 Å². The largest absolute Gasteiger partial charge is 0.549 e. The Balaban J connectivity index is 2.64. The van der Waals surface area contributed by atoms with Crippen LogP contribution in [0.15, 0.2) is 36.9 Å². The number of benzene rings is 1. The van der Waals surface area contributed by atoms with Crippen LogP contribution in [0.25, 0.3) is 0 Å². The topological polar surface area (TPSA) is 26.3 Å². The lowest BCUT2D eigenvalue weighted by molar-refractivity contribution is 0.305. The second kappa shape index (κ2) is 7.37. The van der Waals surface area contributed by atoms with Gasteiger partial charge in [0.25, 0.3) is 0 Å². The molecule has 0 fully saturated rings. The van der Waals surface area contributed by atoms with E-state index in [4.69, 9.17) is 4.52 Å². The molecule has 0 aliphatic heterocycles. The van der Waals surface area contributed by atoms with Crippen LogP contribution in [0.2, 0.25) is 0 Å². The van der Waals surface area contributed by atoms with Crippen LogP contribution < -0.4 is 5.30 Å². The summed E-state index contributed by atoms with van der Waals surface area (Å²) in [6.07, 6.45) is 3.48. The summed E-state index contributed by atoms with van der Waals surface area (Å²) >= 11 is 0. The lowest BCUT2D eigenvalue weighted by atomic mass is 10.1. The lowest BCUT2D eigenvalue weighted by Gasteiger charge is -2.00. The zero-order chi connectivity index (χ0) is 12.7. The average molecular weight is 251 g/mol. The van der Waals surface area contributed by atoms with Gasteiger partial charge in [0.05, 0.1) is 0 Å². The first-order valence-electron chi connectivity index (χ1n) is 5.94. The predicted molar refractivity (Wildman–Crippen MR) is 73.0 cm³/mol. The first-order valence-corrected chi connectivity index (χ1v) is 7.12. The van der Waals surface area contributed by atoms with Crippen molar-refractivity contribution in [3.8, 4) is 0 Å². The van der Waals surface area contributed by atoms with Crippen molar-refractivity contribution in [1.82, 2.24) is 0 Å². The van der Waals surface area contributed by atoms with E-state index in [2.05, 4.69) is 20.4 Å². The molecule has 1 aromatic rings. The smallest absolute Gasteiger partial charge is 0.142 e. The summed E-state index contributed by atoms with van der Waals surface area (Å²) < 4.78 is 17.4. The molecule has 0 radical (unpaired) electrons. The molecule has 0 aromatic heterocycles. The van der Waals surface area contributed by atoms with E-state index in [-0.39, 0.29) is 0 Å². The predicted octanol–water partition coefficient (Wildman–Crippen LogP) is 3.85. The van der Waals surface area contributed by atoms with Crippen LogP contribution in [0.3, 0.4) is 0 Å². The standard InChI is InChI=1S/C14H20O2P/c1-4-7-13-8-5-6-9-14(13)17(15)16-11-10-12(2)3/h4-6,8-9,12H,1,7,10-11H2,2-3H3/q+1. The molecule has 3 heteroatoms. The molecule has 0 heterocycles. The zero-order valence-electron chi connectivity index (χ0n) is 10.6. The monoisotopic (exact) mass is 251 g/mol. The van der Waals surface area contributed by atoms with E-state index in [0.29, 0.717) is 12.5 Å². The lowest BCUT2D eigenvalue weighted by Crippen LogP contribution is -2.06. The van der Waals surface area contributed by atoms with Crippen molar-refractivity contribution in [2.75, 3.05) is 6.61 Å². The molecule has 2 nitrogen and oxygen atoms in total. The highest BCUT2D eigenvalue weighted by atomic mass is 31.1. The van der Waals surface area contributed by atoms with Crippen LogP contribution in [0, 0.1) is 5.92 Å². The second-order valence-electron chi connectivity index (χ2n) is 4.39. The summed E-state index contributed by atoms with van der Waals surface area (Å²) in [4.78, 5) is 0. The summed E-state index contributed by atoms with van der Waals surface area (Å²) in [5.74, 6) is 0.571. The van der Waals surface area contributed by atoms with Crippen LogP contribution in [0.4, 0.5) is 0 Å². The first-order chi connectivity index (χ1) is 8.15. The first kappa shape index (κ1) is 14.1. The molecule has 0 saturated heterocycles. The van der Waals surface area contributed by atoms with Gasteiger partial charge in [-0.1, -0.05) is 38.1 Å². The molecular weight excluding hydrogens is 231 g/mol. The number of hydrogen-bond acceptors (Lipinski definition) is 2. The maximum atomic E-state index is 12.0. The minimum Gasteiger partial charge on any atom is -0.142 e. The van der Waals surface area contributed by atoms with Gasteiger partial charge in [-0.05, 0) is 29.4 Å². The Bertz CT molecular complexity index is 386. The molecular formula is C14H20O2P+. The number of hydrogen-bond donors (Lipinski definition) is 0. The Kier molecular flexibility index (Phi) is 6.10. The van der Waals surface area contributed by atoms with E-state index in [9.17, 15) is 4.57 Å². The highest BCUT2D eigenvalue weighted by Crippen LogP contribution is 2.24. The van der Waals surface area contributed by atoms with Crippen molar-refractivity contribution in [1.29, 1.82) is 0 Å². The minimum atomic E-state index is -1.74. The van der Waals surface area contributed by atoms with Crippen molar-refractivity contribution in [2.24, 2.45) is 5.92 Å². The van der Waals surface area contributed by atoms with Crippen LogP contribution in [-0.2, 0) is 15.5 Å². The highest BCUT2D eigenvalue weighted by Gasteiger charge is 2.25. The number of allylic oxidation sites excluding steroid dienone is 1. The molecule has 0 bridgehead atoms. The van der Waals surface area contributed by atoms with Gasteiger partial charge in [0, 0.05) is 5.56 Å². The van der Waals surface area contributed by atoms with Crippen LogP contribution in [-0.4, -0.2) is 6.61 Å². The Morgan fingerprint density at radius 3 is 2.76 bits per heavy atom. The van der Waals surface area contributed by atoms with Crippen molar-refractivity contribution in [3.63, 3.8) is 0 Å². The van der Waals surface area contributed by atoms with Gasteiger partial charge in [0.2, 0.25) is 5.30 Å². The second-order valence-corrected chi connectivity index (χ2v) is 5.65. The third-order valence-corrected chi connectivity index (χ3v) is 3.70. The van der Waals surface area contributed by atoms with Crippen molar-refractivity contribution < 1.29 is 9.09 Å². The Morgan fingerprint density at radius 1 is 1.41 bits per heavy atom. The van der Waals surface area contributed by atoms with E-state index in [1.807, 2.05) is 30.3 Å². The molecule has 1 unspecified atom stereocenters. The Morgan fingerprint density at radius 2 is 2.12 bits per heavy atom. The molecule has 92 valence electrons. The van der Waals surface area contributed by atoms with Crippen LogP contribution >= 0.6 is 8.03 Å². The summed E-state index contributed by atoms with van der Waals surface area (Å²) in [5.41, 5.74) is 1.04. The fourth-order valence-electron chi connectivity index (χ4n) is 1.46. The van der Waals surface area contributed by atoms with E-state index in [0.717, 1.165) is 23.7 Å². The van der Waals surface area contributed by atoms with Gasteiger partial charge in [-0.25, -0.2) is 0 Å². The molecule has 0 spiro atoms. The molecule has 1 aromatic carbocycles. The summed E-state index contributed by atoms with van der Waals surface area (Å²) in [6, 6.07) is 7.67. The Hall–Kier alpha value is -0.980. The normalized spacial score (nSPS) is 11.6. The van der Waals surface area contributed by atoms with Crippen molar-refractivity contribution >= 4 is 13.3 Å². The van der Waals surface area contributed by atoms with Gasteiger partial charge in [-0.3, -0.25) is 0 Å². The van der Waals surface area contributed by atoms with Crippen LogP contribution in [0.5, 0.6) is 0 Å². The quantitative estimate of drug-likeness (QED) is 0.543. The average Bonchev–Trinajstić information content (AvgIpc) is 2.29. The molecule has 1 atom stereocenters. The number of rotatable bonds is 7. The molecule has 0 N–H and O–H groups in total. The molecule has 0 amide bonds. The third kappa shape index (κ3) is 4.80. The van der Waals surface area contributed by atoms with Gasteiger partial charge < -0.3 is 0 Å². The van der Waals surface area contributed by atoms with Crippen LogP contribution in [0.1, 0.15) is 25.8 Å². The van der Waals surface area contributed by atoms with Gasteiger partial charge >= 0.3 is 8.03 Å². The van der Waals surface area contributed by atoms with E-state index in [1.165, 1.54) is 0 Å². The van der Waals surface area contributed by atoms with Gasteiger partial charge in [-0.2, -0.15) is 0 Å². The van der Waals surface area contributed by atoms with E-state index >= 15 is 0 Å². The van der Waals surface area contributed by atoms with Crippen molar-refractivity contribution in [3.05, 3.63) is 42.5 Å². The maximum Gasteiger partial charge on any atom is 0.549 e. The van der Waals surface area contributed by atoms with Gasteiger partial charge in [0.1, 0.15) is 6.61 Å². The van der Waals surface area contributed by atoms with Gasteiger partial charge in [0.15, 0.2) is 0 Å². The summed E-state index contributed by atoms with van der Waals surface area (Å²) in [7, 11) is -1.74. The third-order valence-electron chi connectivity index (χ3n) is 2.46. The fourth-order valence-corrected chi connectivity index (χ4v) is 2.48. The minimum absolute atomic E-state index is 0.551. The molecule has 0 aliphatic rings. The molecule has 0 aliphatic carbocycles. The molecule has 17 heavy (non-hydrogen) atoms. The van der Waals surface area contributed by atoms with Crippen molar-refractivity contribution in [2.45, 2.75) is 26.7 Å². The Labute approximate surface area is 105 Å². The fraction of sp³-hybridized carbons (Fsp3) is 0.429. The summed E-state index contributed by atoms with van der Waals surface area (Å²) in [6.45, 7) is 8.51. The summed E-state index contributed by atoms with van der Waals surface area (Å²) in [5, 5.41) is 0.797.